The Kier molecular flexibility index (Phi) is 11.8. The van der Waals surface area contributed by atoms with E-state index in [0.717, 1.165) is 40.3 Å². The number of nitrogens with one attached hydrogen (secondary N) is 1. The van der Waals surface area contributed by atoms with Crippen LogP contribution in [0.4, 0.5) is 4.79 Å². The molecule has 1 fully saturated rings. The molecule has 0 aromatic carbocycles. The summed E-state index contributed by atoms with van der Waals surface area (Å²) in [5.41, 5.74) is 2.20. The molecule has 1 amide bonds. The average molecular weight is 474 g/mol. The van der Waals surface area contributed by atoms with Crippen LogP contribution in [0.5, 0.6) is 0 Å². The van der Waals surface area contributed by atoms with Crippen LogP contribution in [0.1, 0.15) is 65.3 Å². The van der Waals surface area contributed by atoms with E-state index in [4.69, 9.17) is 9.84 Å². The fourth-order valence-corrected chi connectivity index (χ4v) is 4.09. The molecule has 0 saturated carbocycles. The quantitative estimate of drug-likeness (QED) is 0.687. The maximum absolute atomic E-state index is 12.2. The fourth-order valence-electron chi connectivity index (χ4n) is 3.32. The van der Waals surface area contributed by atoms with Gasteiger partial charge in [-0.1, -0.05) is 20.4 Å². The highest BCUT2D eigenvalue weighted by atomic mass is 32.2. The van der Waals surface area contributed by atoms with Crippen molar-refractivity contribution in [2.45, 2.75) is 80.6 Å². The molecule has 0 radical (unpaired) electrons. The number of carbonyl (C=O) groups excluding carboxylic acids is 1. The molecule has 1 aromatic heterocycles. The molecule has 186 valence electrons. The number of amides is 1. The standard InChI is InChI=1S/C14H28N2O4S.C8H11NO.CH4/c1-10-7-12(11(2)15-8-10)9-16(21(6,18)19)13(17)20-14(3,4)5;1-6-3-8(5-10)7(2)9-4-6;/h10-12,15H,7-9H2,1-6H3;3-4,10H,5H2,1-2H3;1H4. The van der Waals surface area contributed by atoms with Gasteiger partial charge < -0.3 is 15.2 Å². The van der Waals surface area contributed by atoms with Crippen molar-refractivity contribution in [1.29, 1.82) is 0 Å². The molecule has 0 bridgehead atoms. The van der Waals surface area contributed by atoms with Crippen LogP contribution in [0.15, 0.2) is 12.3 Å². The summed E-state index contributed by atoms with van der Waals surface area (Å²) in [6.07, 6.45) is 2.94. The first kappa shape index (κ1) is 30.3. The Labute approximate surface area is 194 Å². The van der Waals surface area contributed by atoms with E-state index in [1.807, 2.05) is 26.8 Å². The van der Waals surface area contributed by atoms with Gasteiger partial charge in [-0.05, 0) is 77.5 Å². The summed E-state index contributed by atoms with van der Waals surface area (Å²) in [4.78, 5) is 16.3. The largest absolute Gasteiger partial charge is 0.443 e. The van der Waals surface area contributed by atoms with Crippen molar-refractivity contribution in [3.05, 3.63) is 29.1 Å². The van der Waals surface area contributed by atoms with Crippen molar-refractivity contribution in [3.8, 4) is 0 Å². The van der Waals surface area contributed by atoms with E-state index in [1.165, 1.54) is 0 Å². The maximum Gasteiger partial charge on any atom is 0.424 e. The van der Waals surface area contributed by atoms with E-state index in [0.29, 0.717) is 5.92 Å². The minimum Gasteiger partial charge on any atom is -0.443 e. The van der Waals surface area contributed by atoms with E-state index >= 15 is 0 Å². The third kappa shape index (κ3) is 10.3. The van der Waals surface area contributed by atoms with Crippen LogP contribution in [0, 0.1) is 25.7 Å². The predicted octanol–water partition coefficient (Wildman–Crippen LogP) is 3.64. The van der Waals surface area contributed by atoms with Gasteiger partial charge in [0.15, 0.2) is 0 Å². The number of hydrogen-bond donors (Lipinski definition) is 2. The predicted molar refractivity (Wildman–Crippen MR) is 129 cm³/mol. The molecule has 0 spiro atoms. The molecular weight excluding hydrogens is 430 g/mol. The molecular formula is C23H43N3O5S. The Bertz CT molecular complexity index is 837. The van der Waals surface area contributed by atoms with Gasteiger partial charge in [0, 0.05) is 24.5 Å². The number of aryl methyl sites for hydroxylation is 2. The number of ether oxygens (including phenoxy) is 1. The van der Waals surface area contributed by atoms with Crippen LogP contribution in [-0.2, 0) is 21.4 Å². The van der Waals surface area contributed by atoms with Crippen molar-refractivity contribution in [3.63, 3.8) is 0 Å². The van der Waals surface area contributed by atoms with E-state index < -0.39 is 21.7 Å². The summed E-state index contributed by atoms with van der Waals surface area (Å²) in [5.74, 6) is 0.558. The van der Waals surface area contributed by atoms with Gasteiger partial charge in [0.05, 0.1) is 12.9 Å². The average Bonchev–Trinajstić information content (AvgIpc) is 2.62. The van der Waals surface area contributed by atoms with Crippen LogP contribution in [-0.4, -0.2) is 59.9 Å². The van der Waals surface area contributed by atoms with Gasteiger partial charge in [-0.3, -0.25) is 4.98 Å². The second kappa shape index (κ2) is 12.5. The fraction of sp³-hybridized carbons (Fsp3) is 0.739. The van der Waals surface area contributed by atoms with Gasteiger partial charge in [0.25, 0.3) is 0 Å². The van der Waals surface area contributed by atoms with Crippen molar-refractivity contribution in [1.82, 2.24) is 14.6 Å². The highest BCUT2D eigenvalue weighted by molar-refractivity contribution is 7.88. The zero-order valence-electron chi connectivity index (χ0n) is 20.1. The minimum absolute atomic E-state index is 0. The SMILES string of the molecule is C.CC1CNC(C)C(CN(C(=O)OC(C)(C)C)S(C)(=O)=O)C1.Cc1cnc(C)c(CO)c1. The van der Waals surface area contributed by atoms with Crippen molar-refractivity contribution in [2.75, 3.05) is 19.3 Å². The third-order valence-corrected chi connectivity index (χ3v) is 6.20. The number of aliphatic hydroxyl groups excluding tert-OH is 1. The van der Waals surface area contributed by atoms with Crippen molar-refractivity contribution >= 4 is 16.1 Å². The molecule has 2 N–H and O–H groups in total. The van der Waals surface area contributed by atoms with Crippen LogP contribution in [0.25, 0.3) is 0 Å². The molecule has 1 aromatic rings. The zero-order valence-corrected chi connectivity index (χ0v) is 20.9. The normalized spacial score (nSPS) is 21.0. The van der Waals surface area contributed by atoms with Gasteiger partial charge >= 0.3 is 6.09 Å². The summed E-state index contributed by atoms with van der Waals surface area (Å²) >= 11 is 0. The minimum atomic E-state index is -3.65. The summed E-state index contributed by atoms with van der Waals surface area (Å²) < 4.78 is 29.9. The Balaban J connectivity index is 0.000000733. The number of pyridine rings is 1. The Morgan fingerprint density at radius 1 is 1.31 bits per heavy atom. The van der Waals surface area contributed by atoms with Gasteiger partial charge in [0.1, 0.15) is 5.60 Å². The van der Waals surface area contributed by atoms with Crippen LogP contribution in [0.3, 0.4) is 0 Å². The Morgan fingerprint density at radius 3 is 2.38 bits per heavy atom. The number of hydrogen-bond acceptors (Lipinski definition) is 7. The second-order valence-corrected chi connectivity index (χ2v) is 11.4. The third-order valence-electron chi connectivity index (χ3n) is 5.10. The van der Waals surface area contributed by atoms with E-state index in [9.17, 15) is 13.2 Å². The van der Waals surface area contributed by atoms with Gasteiger partial charge in [-0.2, -0.15) is 0 Å². The summed E-state index contributed by atoms with van der Waals surface area (Å²) in [6, 6.07) is 2.12. The molecule has 1 aliphatic rings. The van der Waals surface area contributed by atoms with Crippen LogP contribution in [0.2, 0.25) is 0 Å². The van der Waals surface area contributed by atoms with Gasteiger partial charge in [0.2, 0.25) is 10.0 Å². The summed E-state index contributed by atoms with van der Waals surface area (Å²) in [5, 5.41) is 12.2. The Hall–Kier alpha value is -1.71. The molecule has 2 heterocycles. The van der Waals surface area contributed by atoms with E-state index in [1.54, 1.807) is 27.0 Å². The molecule has 2 rings (SSSR count). The van der Waals surface area contributed by atoms with E-state index in [-0.39, 0.29) is 32.5 Å². The first-order chi connectivity index (χ1) is 14.1. The lowest BCUT2D eigenvalue weighted by Gasteiger charge is -2.36. The lowest BCUT2D eigenvalue weighted by molar-refractivity contribution is 0.0354. The highest BCUT2D eigenvalue weighted by Crippen LogP contribution is 2.24. The van der Waals surface area contributed by atoms with Crippen molar-refractivity contribution in [2.24, 2.45) is 11.8 Å². The van der Waals surface area contributed by atoms with E-state index in [2.05, 4.69) is 17.2 Å². The molecule has 3 unspecified atom stereocenters. The van der Waals surface area contributed by atoms with Crippen LogP contribution < -0.4 is 5.32 Å². The number of piperidine rings is 1. The first-order valence-corrected chi connectivity index (χ1v) is 12.5. The summed E-state index contributed by atoms with van der Waals surface area (Å²) in [6.45, 7) is 14.3. The molecule has 32 heavy (non-hydrogen) atoms. The van der Waals surface area contributed by atoms with Gasteiger partial charge in [-0.15, -0.1) is 0 Å². The lowest BCUT2D eigenvalue weighted by atomic mass is 9.86. The molecule has 1 saturated heterocycles. The number of carbonyl (C=O) groups is 1. The molecule has 3 atom stereocenters. The first-order valence-electron chi connectivity index (χ1n) is 10.6. The number of nitrogens with zero attached hydrogens (tertiary/aromatic N) is 2. The second-order valence-electron chi connectivity index (χ2n) is 9.49. The highest BCUT2D eigenvalue weighted by Gasteiger charge is 2.34. The maximum atomic E-state index is 12.2. The van der Waals surface area contributed by atoms with Crippen LogP contribution >= 0.6 is 0 Å². The lowest BCUT2D eigenvalue weighted by Crippen LogP contribution is -2.50. The molecule has 9 heteroatoms. The smallest absolute Gasteiger partial charge is 0.424 e. The van der Waals surface area contributed by atoms with Crippen molar-refractivity contribution < 1.29 is 23.1 Å². The number of rotatable bonds is 4. The number of aliphatic hydroxyl groups is 1. The molecule has 8 nitrogen and oxygen atoms in total. The van der Waals surface area contributed by atoms with Gasteiger partial charge in [-0.25, -0.2) is 17.5 Å². The topological polar surface area (TPSA) is 109 Å². The monoisotopic (exact) mass is 473 g/mol. The number of aromatic nitrogens is 1. The number of sulfonamides is 1. The molecule has 0 aliphatic carbocycles. The summed E-state index contributed by atoms with van der Waals surface area (Å²) in [7, 11) is -3.65. The zero-order chi connectivity index (χ0) is 24.0. The Morgan fingerprint density at radius 2 is 1.91 bits per heavy atom. The molecule has 1 aliphatic heterocycles.